The Morgan fingerprint density at radius 2 is 1.88 bits per heavy atom. The zero-order valence-electron chi connectivity index (χ0n) is 14.8. The number of likely N-dealkylation sites (N-methyl/N-ethyl adjacent to an activating group) is 2. The van der Waals surface area contributed by atoms with E-state index in [1.54, 1.807) is 0 Å². The van der Waals surface area contributed by atoms with Gasteiger partial charge in [0.25, 0.3) is 0 Å². The van der Waals surface area contributed by atoms with E-state index >= 15 is 0 Å². The van der Waals surface area contributed by atoms with Gasteiger partial charge in [0.2, 0.25) is 5.95 Å². The van der Waals surface area contributed by atoms with Gasteiger partial charge in [-0.2, -0.15) is 9.97 Å². The molecular formula is C17H29N7. The molecule has 0 radical (unpaired) electrons. The largest absolute Gasteiger partial charge is 0.368 e. The van der Waals surface area contributed by atoms with Gasteiger partial charge in [0, 0.05) is 50.4 Å². The van der Waals surface area contributed by atoms with Crippen molar-refractivity contribution in [2.45, 2.75) is 37.3 Å². The van der Waals surface area contributed by atoms with E-state index in [0.29, 0.717) is 17.5 Å². The number of anilines is 3. The van der Waals surface area contributed by atoms with E-state index in [-0.39, 0.29) is 0 Å². The minimum absolute atomic E-state index is 0.317. The first-order valence-corrected chi connectivity index (χ1v) is 9.10. The topological polar surface area (TPSA) is 73.5 Å². The summed E-state index contributed by atoms with van der Waals surface area (Å²) in [4.78, 5) is 16.2. The van der Waals surface area contributed by atoms with Crippen LogP contribution in [0.3, 0.4) is 0 Å². The second kappa shape index (κ2) is 6.04. The van der Waals surface area contributed by atoms with Crippen molar-refractivity contribution in [2.24, 2.45) is 0 Å². The lowest BCUT2D eigenvalue weighted by Crippen LogP contribution is -2.63. The Bertz CT molecular complexity index is 593. The van der Waals surface area contributed by atoms with Gasteiger partial charge in [-0.15, -0.1) is 0 Å². The van der Waals surface area contributed by atoms with Gasteiger partial charge >= 0.3 is 0 Å². The molecule has 0 bridgehead atoms. The number of piperidine rings is 1. The summed E-state index contributed by atoms with van der Waals surface area (Å²) in [7, 11) is 4.52. The van der Waals surface area contributed by atoms with E-state index in [2.05, 4.69) is 50.1 Å². The van der Waals surface area contributed by atoms with E-state index in [0.717, 1.165) is 37.8 Å². The number of nitrogen functional groups attached to an aromatic ring is 1. The van der Waals surface area contributed by atoms with Crippen molar-refractivity contribution in [1.82, 2.24) is 19.8 Å². The highest BCUT2D eigenvalue weighted by Gasteiger charge is 2.41. The van der Waals surface area contributed by atoms with Crippen molar-refractivity contribution in [3.63, 3.8) is 0 Å². The van der Waals surface area contributed by atoms with E-state index in [1.165, 1.54) is 32.2 Å². The molecule has 7 nitrogen and oxygen atoms in total. The number of rotatable bonds is 3. The van der Waals surface area contributed by atoms with Crippen molar-refractivity contribution in [2.75, 3.05) is 62.8 Å². The van der Waals surface area contributed by atoms with Crippen LogP contribution in [0, 0.1) is 0 Å². The molecule has 3 N–H and O–H groups in total. The van der Waals surface area contributed by atoms with Crippen LogP contribution in [0.2, 0.25) is 0 Å². The smallest absolute Gasteiger partial charge is 0.223 e. The molecule has 3 aliphatic rings. The number of nitrogens with zero attached hydrogens (tertiary/aromatic N) is 5. The van der Waals surface area contributed by atoms with Gasteiger partial charge in [-0.3, -0.25) is 4.90 Å². The van der Waals surface area contributed by atoms with Gasteiger partial charge in [0.1, 0.15) is 11.6 Å². The molecule has 0 unspecified atom stereocenters. The molecule has 1 aliphatic carbocycles. The average molecular weight is 331 g/mol. The van der Waals surface area contributed by atoms with Crippen molar-refractivity contribution >= 4 is 17.6 Å². The van der Waals surface area contributed by atoms with Crippen LogP contribution >= 0.6 is 0 Å². The minimum atomic E-state index is 0.317. The quantitative estimate of drug-likeness (QED) is 0.850. The molecule has 2 saturated heterocycles. The Hall–Kier alpha value is -1.60. The molecule has 0 amide bonds. The summed E-state index contributed by atoms with van der Waals surface area (Å²) in [6.07, 6.45) is 4.79. The molecule has 7 heteroatoms. The summed E-state index contributed by atoms with van der Waals surface area (Å²) in [5, 5.41) is 3.43. The average Bonchev–Trinajstić information content (AvgIpc) is 3.35. The van der Waals surface area contributed by atoms with Gasteiger partial charge in [0.15, 0.2) is 0 Å². The molecule has 4 rings (SSSR count). The van der Waals surface area contributed by atoms with Crippen LogP contribution in [0.5, 0.6) is 0 Å². The monoisotopic (exact) mass is 331 g/mol. The second-order valence-corrected chi connectivity index (χ2v) is 7.76. The lowest BCUT2D eigenvalue weighted by Gasteiger charge is -2.52. The number of piperazine rings is 1. The molecule has 1 aromatic heterocycles. The van der Waals surface area contributed by atoms with Crippen LogP contribution in [-0.4, -0.2) is 78.2 Å². The fourth-order valence-corrected chi connectivity index (χ4v) is 4.08. The van der Waals surface area contributed by atoms with Crippen LogP contribution in [0.15, 0.2) is 6.07 Å². The standard InChI is InChI=1S/C17H29N7/c1-22-9-10-23(2)17(12-22)5-7-24(8-6-17)15-11-14(19-13-3-4-13)20-16(18)21-15/h11,13H,3-10,12H2,1-2H3,(H3,18,19,20,21). The maximum atomic E-state index is 5.93. The van der Waals surface area contributed by atoms with Crippen LogP contribution in [0.4, 0.5) is 17.6 Å². The van der Waals surface area contributed by atoms with Crippen molar-refractivity contribution in [1.29, 1.82) is 0 Å². The van der Waals surface area contributed by atoms with E-state index in [4.69, 9.17) is 5.73 Å². The van der Waals surface area contributed by atoms with E-state index in [1.807, 2.05) is 0 Å². The fraction of sp³-hybridized carbons (Fsp3) is 0.765. The molecular weight excluding hydrogens is 302 g/mol. The van der Waals surface area contributed by atoms with Crippen LogP contribution in [-0.2, 0) is 0 Å². The summed E-state index contributed by atoms with van der Waals surface area (Å²) >= 11 is 0. The second-order valence-electron chi connectivity index (χ2n) is 7.76. The lowest BCUT2D eigenvalue weighted by atomic mass is 9.84. The predicted molar refractivity (Wildman–Crippen MR) is 97.4 cm³/mol. The van der Waals surface area contributed by atoms with E-state index in [9.17, 15) is 0 Å². The zero-order chi connectivity index (χ0) is 16.7. The van der Waals surface area contributed by atoms with Crippen molar-refractivity contribution in [3.8, 4) is 0 Å². The van der Waals surface area contributed by atoms with Crippen molar-refractivity contribution in [3.05, 3.63) is 6.07 Å². The summed E-state index contributed by atoms with van der Waals surface area (Å²) in [5.74, 6) is 2.20. The minimum Gasteiger partial charge on any atom is -0.368 e. The number of aromatic nitrogens is 2. The van der Waals surface area contributed by atoms with Gasteiger partial charge < -0.3 is 20.9 Å². The van der Waals surface area contributed by atoms with Crippen molar-refractivity contribution < 1.29 is 0 Å². The van der Waals surface area contributed by atoms with Crippen LogP contribution in [0.1, 0.15) is 25.7 Å². The summed E-state index contributed by atoms with van der Waals surface area (Å²) in [6.45, 7) is 5.54. The zero-order valence-corrected chi connectivity index (χ0v) is 14.8. The summed E-state index contributed by atoms with van der Waals surface area (Å²) in [5.41, 5.74) is 6.25. The molecule has 0 atom stereocenters. The first-order valence-electron chi connectivity index (χ1n) is 9.10. The van der Waals surface area contributed by atoms with Gasteiger partial charge in [0.05, 0.1) is 0 Å². The molecule has 132 valence electrons. The molecule has 0 aromatic carbocycles. The Morgan fingerprint density at radius 3 is 2.58 bits per heavy atom. The number of hydrogen-bond acceptors (Lipinski definition) is 7. The number of nitrogens with one attached hydrogen (secondary N) is 1. The Morgan fingerprint density at radius 1 is 1.12 bits per heavy atom. The van der Waals surface area contributed by atoms with Gasteiger partial charge in [-0.25, -0.2) is 0 Å². The third kappa shape index (κ3) is 3.15. The molecule has 3 fully saturated rings. The molecule has 1 saturated carbocycles. The Labute approximate surface area is 144 Å². The number of hydrogen-bond donors (Lipinski definition) is 2. The SMILES string of the molecule is CN1CCN(C)C2(CCN(c3cc(NC4CC4)nc(N)n3)CC2)C1. The molecule has 3 heterocycles. The predicted octanol–water partition coefficient (Wildman–Crippen LogP) is 0.849. The number of nitrogens with two attached hydrogens (primary N) is 1. The summed E-state index contributed by atoms with van der Waals surface area (Å²) in [6, 6.07) is 2.63. The molecule has 1 spiro atoms. The highest BCUT2D eigenvalue weighted by Crippen LogP contribution is 2.33. The Kier molecular flexibility index (Phi) is 4.00. The third-order valence-corrected chi connectivity index (χ3v) is 5.87. The normalized spacial score (nSPS) is 25.2. The highest BCUT2D eigenvalue weighted by atomic mass is 15.3. The van der Waals surface area contributed by atoms with Crippen LogP contribution in [0.25, 0.3) is 0 Å². The first kappa shape index (κ1) is 15.9. The Balaban J connectivity index is 1.46. The van der Waals surface area contributed by atoms with Gasteiger partial charge in [-0.1, -0.05) is 0 Å². The lowest BCUT2D eigenvalue weighted by molar-refractivity contribution is 0.00938. The van der Waals surface area contributed by atoms with Gasteiger partial charge in [-0.05, 0) is 39.8 Å². The van der Waals surface area contributed by atoms with Crippen LogP contribution < -0.4 is 16.0 Å². The molecule has 2 aliphatic heterocycles. The highest BCUT2D eigenvalue weighted by molar-refractivity contribution is 5.53. The maximum Gasteiger partial charge on any atom is 0.223 e. The maximum absolute atomic E-state index is 5.93. The first-order chi connectivity index (χ1) is 11.5. The fourth-order valence-electron chi connectivity index (χ4n) is 4.08. The molecule has 24 heavy (non-hydrogen) atoms. The van der Waals surface area contributed by atoms with E-state index < -0.39 is 0 Å². The molecule has 1 aromatic rings. The third-order valence-electron chi connectivity index (χ3n) is 5.87. The summed E-state index contributed by atoms with van der Waals surface area (Å²) < 4.78 is 0.